The van der Waals surface area contributed by atoms with Crippen LogP contribution in [0.25, 0.3) is 11.0 Å². The third kappa shape index (κ3) is 1.20. The molecular weight excluding hydrogens is 162 g/mol. The van der Waals surface area contributed by atoms with E-state index in [0.29, 0.717) is 0 Å². The Bertz CT molecular complexity index is 443. The van der Waals surface area contributed by atoms with Crippen LogP contribution in [0.4, 0.5) is 0 Å². The van der Waals surface area contributed by atoms with Crippen LogP contribution >= 0.6 is 0 Å². The van der Waals surface area contributed by atoms with Crippen molar-refractivity contribution in [1.29, 1.82) is 0 Å². The number of hydrogen-bond acceptors (Lipinski definition) is 2. The van der Waals surface area contributed by atoms with E-state index in [-0.39, 0.29) is 0 Å². The van der Waals surface area contributed by atoms with Gasteiger partial charge in [0.1, 0.15) is 11.5 Å². The molecule has 2 heterocycles. The van der Waals surface area contributed by atoms with Crippen LogP contribution in [0.2, 0.25) is 0 Å². The Morgan fingerprint density at radius 3 is 2.85 bits per heavy atom. The highest BCUT2D eigenvalue weighted by molar-refractivity contribution is 5.78. The summed E-state index contributed by atoms with van der Waals surface area (Å²) in [5.74, 6) is 0.923. The van der Waals surface area contributed by atoms with Crippen LogP contribution in [0.1, 0.15) is 18.4 Å². The molecule has 3 heteroatoms. The van der Waals surface area contributed by atoms with Crippen LogP contribution in [0.15, 0.2) is 12.3 Å². The summed E-state index contributed by atoms with van der Waals surface area (Å²) in [5, 5.41) is 1.15. The fourth-order valence-corrected chi connectivity index (χ4v) is 1.50. The highest BCUT2D eigenvalue weighted by atomic mass is 15.0. The summed E-state index contributed by atoms with van der Waals surface area (Å²) >= 11 is 0. The van der Waals surface area contributed by atoms with E-state index in [4.69, 9.17) is 0 Å². The first-order valence-corrected chi connectivity index (χ1v) is 4.51. The molecule has 0 atom stereocenters. The second kappa shape index (κ2) is 2.83. The van der Waals surface area contributed by atoms with E-state index in [1.165, 1.54) is 0 Å². The highest BCUT2D eigenvalue weighted by Gasteiger charge is 2.05. The molecule has 68 valence electrons. The molecule has 13 heavy (non-hydrogen) atoms. The van der Waals surface area contributed by atoms with Crippen molar-refractivity contribution in [2.45, 2.75) is 20.3 Å². The molecular formula is C10H13N3. The first kappa shape index (κ1) is 8.23. The molecule has 0 bridgehead atoms. The molecule has 0 fully saturated rings. The summed E-state index contributed by atoms with van der Waals surface area (Å²) in [6.45, 7) is 4.10. The fraction of sp³-hybridized carbons (Fsp3) is 0.400. The molecule has 3 nitrogen and oxygen atoms in total. The van der Waals surface area contributed by atoms with Crippen molar-refractivity contribution >= 4 is 11.0 Å². The van der Waals surface area contributed by atoms with Crippen molar-refractivity contribution in [3.05, 3.63) is 23.8 Å². The number of hydrogen-bond donors (Lipinski definition) is 0. The number of rotatable bonds is 1. The van der Waals surface area contributed by atoms with Gasteiger partial charge in [0.2, 0.25) is 0 Å². The van der Waals surface area contributed by atoms with Gasteiger partial charge in [-0.15, -0.1) is 0 Å². The van der Waals surface area contributed by atoms with Gasteiger partial charge < -0.3 is 4.57 Å². The van der Waals surface area contributed by atoms with Crippen LogP contribution in [0, 0.1) is 6.92 Å². The molecule has 0 aliphatic carbocycles. The van der Waals surface area contributed by atoms with Gasteiger partial charge in [0.05, 0.1) is 5.69 Å². The zero-order chi connectivity index (χ0) is 9.42. The second-order valence-electron chi connectivity index (χ2n) is 3.24. The quantitative estimate of drug-likeness (QED) is 0.662. The Balaban J connectivity index is 2.80. The Labute approximate surface area is 77.4 Å². The normalized spacial score (nSPS) is 11.0. The maximum absolute atomic E-state index is 4.47. The summed E-state index contributed by atoms with van der Waals surface area (Å²) < 4.78 is 2.03. The summed E-state index contributed by atoms with van der Waals surface area (Å²) in [6, 6.07) is 2.06. The van der Waals surface area contributed by atoms with Gasteiger partial charge in [-0.05, 0) is 13.0 Å². The van der Waals surface area contributed by atoms with Crippen molar-refractivity contribution < 1.29 is 0 Å². The van der Waals surface area contributed by atoms with Gasteiger partial charge in [-0.1, -0.05) is 6.92 Å². The van der Waals surface area contributed by atoms with Crippen LogP contribution in [0.5, 0.6) is 0 Å². The van der Waals surface area contributed by atoms with Crippen molar-refractivity contribution in [3.8, 4) is 0 Å². The minimum Gasteiger partial charge on any atom is -0.335 e. The molecule has 2 aromatic rings. The van der Waals surface area contributed by atoms with E-state index in [2.05, 4.69) is 23.0 Å². The van der Waals surface area contributed by atoms with Gasteiger partial charge in [-0.2, -0.15) is 0 Å². The van der Waals surface area contributed by atoms with Crippen LogP contribution in [-0.4, -0.2) is 14.5 Å². The Kier molecular flexibility index (Phi) is 1.79. The number of aryl methyl sites for hydroxylation is 3. The molecule has 0 saturated carbocycles. The summed E-state index contributed by atoms with van der Waals surface area (Å²) in [5.41, 5.74) is 2.10. The molecule has 0 radical (unpaired) electrons. The molecule has 0 aromatic carbocycles. The molecule has 0 N–H and O–H groups in total. The summed E-state index contributed by atoms with van der Waals surface area (Å²) in [7, 11) is 2.01. The van der Waals surface area contributed by atoms with E-state index in [9.17, 15) is 0 Å². The monoisotopic (exact) mass is 175 g/mol. The maximum Gasteiger partial charge on any atom is 0.143 e. The Hall–Kier alpha value is -1.38. The van der Waals surface area contributed by atoms with Crippen LogP contribution < -0.4 is 0 Å². The zero-order valence-electron chi connectivity index (χ0n) is 8.20. The summed E-state index contributed by atoms with van der Waals surface area (Å²) in [6.07, 6.45) is 2.91. The van der Waals surface area contributed by atoms with Crippen molar-refractivity contribution in [2.24, 2.45) is 7.05 Å². The smallest absolute Gasteiger partial charge is 0.143 e. The fourth-order valence-electron chi connectivity index (χ4n) is 1.50. The van der Waals surface area contributed by atoms with Gasteiger partial charge >= 0.3 is 0 Å². The van der Waals surface area contributed by atoms with Gasteiger partial charge in [0, 0.05) is 25.1 Å². The maximum atomic E-state index is 4.47. The predicted molar refractivity (Wildman–Crippen MR) is 52.6 cm³/mol. The molecule has 0 spiro atoms. The standard InChI is InChI=1S/C10H13N3/c1-4-9-11-7(2)8-5-6-13(3)10(8)12-9/h5-6H,4H2,1-3H3. The Morgan fingerprint density at radius 1 is 1.38 bits per heavy atom. The van der Waals surface area contributed by atoms with Crippen molar-refractivity contribution in [3.63, 3.8) is 0 Å². The van der Waals surface area contributed by atoms with E-state index < -0.39 is 0 Å². The lowest BCUT2D eigenvalue weighted by Gasteiger charge is -2.01. The Morgan fingerprint density at radius 2 is 2.15 bits per heavy atom. The third-order valence-electron chi connectivity index (χ3n) is 2.28. The number of aromatic nitrogens is 3. The van der Waals surface area contributed by atoms with Gasteiger partial charge in [0.15, 0.2) is 0 Å². The molecule has 0 unspecified atom stereocenters. The minimum absolute atomic E-state index is 0.891. The van der Waals surface area contributed by atoms with Gasteiger partial charge in [0.25, 0.3) is 0 Å². The molecule has 0 aliphatic rings. The minimum atomic E-state index is 0.891. The predicted octanol–water partition coefficient (Wildman–Crippen LogP) is 1.84. The largest absolute Gasteiger partial charge is 0.335 e. The third-order valence-corrected chi connectivity index (χ3v) is 2.28. The molecule has 2 aromatic heterocycles. The van der Waals surface area contributed by atoms with E-state index >= 15 is 0 Å². The molecule has 0 amide bonds. The lowest BCUT2D eigenvalue weighted by atomic mass is 10.3. The van der Waals surface area contributed by atoms with E-state index in [1.807, 2.05) is 24.7 Å². The molecule has 0 aliphatic heterocycles. The number of fused-ring (bicyclic) bond motifs is 1. The van der Waals surface area contributed by atoms with E-state index in [0.717, 1.165) is 29.0 Å². The lowest BCUT2D eigenvalue weighted by molar-refractivity contribution is 0.894. The lowest BCUT2D eigenvalue weighted by Crippen LogP contribution is -1.98. The van der Waals surface area contributed by atoms with E-state index in [1.54, 1.807) is 0 Å². The van der Waals surface area contributed by atoms with Crippen LogP contribution in [0.3, 0.4) is 0 Å². The SMILES string of the molecule is CCc1nc(C)c2ccn(C)c2n1. The average molecular weight is 175 g/mol. The van der Waals surface area contributed by atoms with Crippen LogP contribution in [-0.2, 0) is 13.5 Å². The number of nitrogens with zero attached hydrogens (tertiary/aromatic N) is 3. The molecule has 0 saturated heterocycles. The van der Waals surface area contributed by atoms with Crippen molar-refractivity contribution in [2.75, 3.05) is 0 Å². The van der Waals surface area contributed by atoms with Gasteiger partial charge in [-0.3, -0.25) is 0 Å². The van der Waals surface area contributed by atoms with Crippen molar-refractivity contribution in [1.82, 2.24) is 14.5 Å². The highest BCUT2D eigenvalue weighted by Crippen LogP contribution is 2.15. The average Bonchev–Trinajstić information content (AvgIpc) is 2.48. The summed E-state index contributed by atoms with van der Waals surface area (Å²) in [4.78, 5) is 8.87. The first-order valence-electron chi connectivity index (χ1n) is 4.51. The second-order valence-corrected chi connectivity index (χ2v) is 3.24. The topological polar surface area (TPSA) is 30.7 Å². The first-order chi connectivity index (χ1) is 6.22. The zero-order valence-corrected chi connectivity index (χ0v) is 8.20. The molecule has 2 rings (SSSR count). The van der Waals surface area contributed by atoms with Gasteiger partial charge in [-0.25, -0.2) is 9.97 Å².